The Kier molecular flexibility index (Phi) is 7.28. The van der Waals surface area contributed by atoms with Crippen molar-refractivity contribution < 1.29 is 9.53 Å². The molecular formula is C27H28ClN3O2S. The zero-order chi connectivity index (χ0) is 23.3. The van der Waals surface area contributed by atoms with E-state index in [1.165, 1.54) is 11.3 Å². The molecule has 1 aliphatic rings. The Bertz CT molecular complexity index is 1230. The van der Waals surface area contributed by atoms with Crippen LogP contribution in [-0.4, -0.2) is 46.0 Å². The van der Waals surface area contributed by atoms with Crippen molar-refractivity contribution in [2.24, 2.45) is 0 Å². The van der Waals surface area contributed by atoms with Crippen molar-refractivity contribution in [1.82, 2.24) is 14.3 Å². The molecule has 0 aliphatic carbocycles. The molecule has 5 rings (SSSR count). The Morgan fingerprint density at radius 1 is 1.15 bits per heavy atom. The van der Waals surface area contributed by atoms with Gasteiger partial charge in [0.2, 0.25) is 5.91 Å². The van der Waals surface area contributed by atoms with E-state index < -0.39 is 0 Å². The van der Waals surface area contributed by atoms with Gasteiger partial charge in [-0.15, -0.1) is 11.3 Å². The van der Waals surface area contributed by atoms with Crippen LogP contribution in [0, 0.1) is 0 Å². The van der Waals surface area contributed by atoms with Gasteiger partial charge in [0.1, 0.15) is 0 Å². The van der Waals surface area contributed by atoms with Crippen molar-refractivity contribution in [2.45, 2.75) is 38.2 Å². The lowest BCUT2D eigenvalue weighted by Gasteiger charge is -2.25. The lowest BCUT2D eigenvalue weighted by molar-refractivity contribution is -0.132. The number of ether oxygens (including phenoxy) is 1. The minimum Gasteiger partial charge on any atom is -0.376 e. The molecule has 3 heterocycles. The normalized spacial score (nSPS) is 15.7. The number of carbonyl (C=O) groups excluding carboxylic acids is 1. The first kappa shape index (κ1) is 23.1. The maximum Gasteiger partial charge on any atom is 0.223 e. The molecule has 1 saturated heterocycles. The Morgan fingerprint density at radius 3 is 2.74 bits per heavy atom. The molecule has 1 unspecified atom stereocenters. The Hall–Kier alpha value is -2.67. The summed E-state index contributed by atoms with van der Waals surface area (Å²) in [6.07, 6.45) is 6.37. The van der Waals surface area contributed by atoms with Gasteiger partial charge in [0.05, 0.1) is 11.8 Å². The van der Waals surface area contributed by atoms with Gasteiger partial charge < -0.3 is 9.64 Å². The summed E-state index contributed by atoms with van der Waals surface area (Å²) in [7, 11) is 0. The quantitative estimate of drug-likeness (QED) is 0.291. The van der Waals surface area contributed by atoms with E-state index in [1.54, 1.807) is 11.3 Å². The van der Waals surface area contributed by atoms with Gasteiger partial charge in [-0.1, -0.05) is 54.1 Å². The number of imidazole rings is 1. The first-order chi connectivity index (χ1) is 16.7. The van der Waals surface area contributed by atoms with E-state index in [4.69, 9.17) is 21.3 Å². The second-order valence-corrected chi connectivity index (χ2v) is 10.00. The number of aryl methyl sites for hydroxylation is 1. The Labute approximate surface area is 209 Å². The van der Waals surface area contributed by atoms with Gasteiger partial charge in [0, 0.05) is 60.4 Å². The van der Waals surface area contributed by atoms with Crippen LogP contribution >= 0.6 is 22.9 Å². The van der Waals surface area contributed by atoms with Crippen LogP contribution in [0.2, 0.25) is 5.02 Å². The topological polar surface area (TPSA) is 46.8 Å². The van der Waals surface area contributed by atoms with Crippen LogP contribution in [-0.2, 0) is 22.4 Å². The fraction of sp³-hybridized carbons (Fsp3) is 0.333. The van der Waals surface area contributed by atoms with Gasteiger partial charge in [-0.05, 0) is 37.0 Å². The second kappa shape index (κ2) is 10.7. The molecule has 0 saturated carbocycles. The van der Waals surface area contributed by atoms with Gasteiger partial charge >= 0.3 is 0 Å². The van der Waals surface area contributed by atoms with Crippen molar-refractivity contribution in [3.05, 3.63) is 82.5 Å². The molecule has 0 bridgehead atoms. The van der Waals surface area contributed by atoms with Crippen LogP contribution in [0.15, 0.2) is 66.2 Å². The van der Waals surface area contributed by atoms with E-state index in [2.05, 4.69) is 28.1 Å². The molecule has 1 atom stereocenters. The van der Waals surface area contributed by atoms with E-state index in [9.17, 15) is 4.79 Å². The summed E-state index contributed by atoms with van der Waals surface area (Å²) in [5, 5.41) is 2.86. The first-order valence-corrected chi connectivity index (χ1v) is 13.1. The second-order valence-electron chi connectivity index (χ2n) is 8.72. The standard InChI is InChI=1S/C27H28ClN3O2S/c28-22-11-9-21(10-12-22)25-18-31-23(19-34-27(31)29-25)14-15-30(17-24-7-4-16-33-24)26(32)13-8-20-5-2-1-3-6-20/h1-3,5-6,9-12,18-19,24H,4,7-8,13-17H2. The molecular weight excluding hydrogens is 466 g/mol. The predicted octanol–water partition coefficient (Wildman–Crippen LogP) is 5.90. The van der Waals surface area contributed by atoms with Crippen molar-refractivity contribution in [1.29, 1.82) is 0 Å². The number of hydrogen-bond acceptors (Lipinski definition) is 4. The van der Waals surface area contributed by atoms with E-state index in [-0.39, 0.29) is 12.0 Å². The SMILES string of the molecule is O=C(CCc1ccccc1)N(CCc1csc2nc(-c3ccc(Cl)cc3)cn12)CC1CCCO1. The largest absolute Gasteiger partial charge is 0.376 e. The monoisotopic (exact) mass is 493 g/mol. The predicted molar refractivity (Wildman–Crippen MR) is 138 cm³/mol. The number of fused-ring (bicyclic) bond motifs is 1. The average Bonchev–Trinajstić information content (AvgIpc) is 3.60. The van der Waals surface area contributed by atoms with Crippen LogP contribution in [0.5, 0.6) is 0 Å². The molecule has 0 radical (unpaired) electrons. The summed E-state index contributed by atoms with van der Waals surface area (Å²) in [5.41, 5.74) is 4.34. The van der Waals surface area contributed by atoms with Crippen molar-refractivity contribution in [3.8, 4) is 11.3 Å². The van der Waals surface area contributed by atoms with Crippen LogP contribution in [0.3, 0.4) is 0 Å². The zero-order valence-corrected chi connectivity index (χ0v) is 20.6. The van der Waals surface area contributed by atoms with Crippen LogP contribution < -0.4 is 0 Å². The number of halogens is 1. The zero-order valence-electron chi connectivity index (χ0n) is 19.0. The number of aromatic nitrogens is 2. The molecule has 1 aliphatic heterocycles. The molecule has 2 aromatic heterocycles. The summed E-state index contributed by atoms with van der Waals surface area (Å²) in [5.74, 6) is 0.193. The molecule has 0 spiro atoms. The van der Waals surface area contributed by atoms with Crippen molar-refractivity contribution in [3.63, 3.8) is 0 Å². The summed E-state index contributed by atoms with van der Waals surface area (Å²) >= 11 is 7.66. The third-order valence-electron chi connectivity index (χ3n) is 6.33. The number of hydrogen-bond donors (Lipinski definition) is 0. The van der Waals surface area contributed by atoms with E-state index >= 15 is 0 Å². The highest BCUT2D eigenvalue weighted by Crippen LogP contribution is 2.25. The molecule has 1 amide bonds. The van der Waals surface area contributed by atoms with Gasteiger partial charge in [-0.25, -0.2) is 4.98 Å². The molecule has 1 fully saturated rings. The van der Waals surface area contributed by atoms with Gasteiger partial charge in [0.25, 0.3) is 0 Å². The maximum absolute atomic E-state index is 13.2. The Morgan fingerprint density at radius 2 is 1.97 bits per heavy atom. The summed E-state index contributed by atoms with van der Waals surface area (Å²) in [6, 6.07) is 18.0. The van der Waals surface area contributed by atoms with Crippen molar-refractivity contribution >= 4 is 33.8 Å². The Balaban J connectivity index is 1.28. The highest BCUT2D eigenvalue weighted by atomic mass is 35.5. The lowest BCUT2D eigenvalue weighted by atomic mass is 10.1. The van der Waals surface area contributed by atoms with Gasteiger partial charge in [-0.2, -0.15) is 0 Å². The lowest BCUT2D eigenvalue weighted by Crippen LogP contribution is -2.39. The van der Waals surface area contributed by atoms with Crippen LogP contribution in [0.25, 0.3) is 16.2 Å². The minimum atomic E-state index is 0.146. The van der Waals surface area contributed by atoms with E-state index in [0.717, 1.165) is 48.5 Å². The molecule has 7 heteroatoms. The fourth-order valence-electron chi connectivity index (χ4n) is 4.42. The van der Waals surface area contributed by atoms with Gasteiger partial charge in [0.15, 0.2) is 4.96 Å². The number of benzene rings is 2. The van der Waals surface area contributed by atoms with E-state index in [0.29, 0.717) is 24.5 Å². The molecule has 4 aromatic rings. The third-order valence-corrected chi connectivity index (χ3v) is 7.47. The van der Waals surface area contributed by atoms with Crippen LogP contribution in [0.4, 0.5) is 0 Å². The molecule has 176 valence electrons. The molecule has 2 aromatic carbocycles. The number of nitrogens with zero attached hydrogens (tertiary/aromatic N) is 3. The average molecular weight is 494 g/mol. The summed E-state index contributed by atoms with van der Waals surface area (Å²) in [4.78, 5) is 20.9. The molecule has 5 nitrogen and oxygen atoms in total. The fourth-order valence-corrected chi connectivity index (χ4v) is 5.46. The van der Waals surface area contributed by atoms with Gasteiger partial charge in [-0.3, -0.25) is 9.20 Å². The maximum atomic E-state index is 13.2. The molecule has 34 heavy (non-hydrogen) atoms. The number of thiazole rings is 1. The first-order valence-electron chi connectivity index (χ1n) is 11.8. The van der Waals surface area contributed by atoms with Crippen molar-refractivity contribution in [2.75, 3.05) is 19.7 Å². The third kappa shape index (κ3) is 5.52. The number of carbonyl (C=O) groups is 1. The smallest absolute Gasteiger partial charge is 0.223 e. The highest BCUT2D eigenvalue weighted by molar-refractivity contribution is 7.15. The highest BCUT2D eigenvalue weighted by Gasteiger charge is 2.23. The molecule has 0 N–H and O–H groups in total. The summed E-state index contributed by atoms with van der Waals surface area (Å²) < 4.78 is 7.99. The number of amides is 1. The minimum absolute atomic E-state index is 0.146. The van der Waals surface area contributed by atoms with E-state index in [1.807, 2.05) is 47.4 Å². The summed E-state index contributed by atoms with van der Waals surface area (Å²) in [6.45, 7) is 2.14. The van der Waals surface area contributed by atoms with Crippen LogP contribution in [0.1, 0.15) is 30.5 Å². The number of rotatable bonds is 9.